The Bertz CT molecular complexity index is 333. The van der Waals surface area contributed by atoms with E-state index in [9.17, 15) is 14.4 Å². The minimum absolute atomic E-state index is 0.00731. The molecule has 21 heavy (non-hydrogen) atoms. The molecule has 0 radical (unpaired) electrons. The first-order valence-electron chi connectivity index (χ1n) is 7.05. The molecule has 5 nitrogen and oxygen atoms in total. The van der Waals surface area contributed by atoms with Gasteiger partial charge < -0.3 is 9.47 Å². The first kappa shape index (κ1) is 20.3. The summed E-state index contributed by atoms with van der Waals surface area (Å²) >= 11 is 5.15. The molecule has 0 aliphatic rings. The van der Waals surface area contributed by atoms with Gasteiger partial charge in [-0.25, -0.2) is 0 Å². The van der Waals surface area contributed by atoms with Gasteiger partial charge in [0.05, 0.1) is 11.5 Å². The van der Waals surface area contributed by atoms with Crippen molar-refractivity contribution in [3.63, 3.8) is 0 Å². The van der Waals surface area contributed by atoms with Crippen LogP contribution in [0.2, 0.25) is 0 Å². The van der Waals surface area contributed by atoms with Gasteiger partial charge in [-0.15, -0.1) is 11.8 Å². The van der Waals surface area contributed by atoms with E-state index in [2.05, 4.69) is 19.6 Å². The summed E-state index contributed by atoms with van der Waals surface area (Å²) in [5.41, 5.74) is 0. The van der Waals surface area contributed by atoms with Crippen molar-refractivity contribution >= 4 is 42.1 Å². The highest BCUT2D eigenvalue weighted by molar-refractivity contribution is 8.00. The van der Waals surface area contributed by atoms with Crippen LogP contribution in [0.5, 0.6) is 0 Å². The van der Waals surface area contributed by atoms with Gasteiger partial charge in [-0.3, -0.25) is 14.4 Å². The summed E-state index contributed by atoms with van der Waals surface area (Å²) in [6.07, 6.45) is 3.03. The number of ketones is 1. The van der Waals surface area contributed by atoms with Gasteiger partial charge in [0.25, 0.3) is 0 Å². The zero-order valence-corrected chi connectivity index (χ0v) is 14.3. The lowest BCUT2D eigenvalue weighted by Gasteiger charge is -2.10. The Balaban J connectivity index is 3.63. The first-order valence-corrected chi connectivity index (χ1v) is 8.73. The molecule has 0 saturated heterocycles. The van der Waals surface area contributed by atoms with Gasteiger partial charge in [-0.2, -0.15) is 12.6 Å². The number of hydrogen-bond acceptors (Lipinski definition) is 7. The minimum Gasteiger partial charge on any atom is -0.461 e. The number of ether oxygens (including phenoxy) is 2. The molecule has 0 heterocycles. The number of hydrogen-bond donors (Lipinski definition) is 1. The molecule has 0 fully saturated rings. The van der Waals surface area contributed by atoms with Crippen LogP contribution in [0.3, 0.4) is 0 Å². The summed E-state index contributed by atoms with van der Waals surface area (Å²) in [5, 5.41) is 0.101. The number of thioether (sulfide) groups is 1. The molecule has 1 unspecified atom stereocenters. The fourth-order valence-electron chi connectivity index (χ4n) is 1.46. The third-order valence-corrected chi connectivity index (χ3v) is 3.94. The van der Waals surface area contributed by atoms with E-state index in [-0.39, 0.29) is 41.7 Å². The van der Waals surface area contributed by atoms with Gasteiger partial charge in [0.1, 0.15) is 19.0 Å². The molecule has 122 valence electrons. The molecule has 0 aromatic rings. The van der Waals surface area contributed by atoms with Crippen molar-refractivity contribution in [2.24, 2.45) is 0 Å². The second-order valence-corrected chi connectivity index (χ2v) is 6.31. The quantitative estimate of drug-likeness (QED) is 0.335. The van der Waals surface area contributed by atoms with Crippen LogP contribution in [-0.2, 0) is 23.9 Å². The van der Waals surface area contributed by atoms with E-state index in [4.69, 9.17) is 9.47 Å². The number of Topliss-reactive ketones (excluding diaryl/α,β-unsaturated/α-hetero) is 1. The lowest BCUT2D eigenvalue weighted by atomic mass is 10.1. The minimum atomic E-state index is -0.442. The van der Waals surface area contributed by atoms with Crippen LogP contribution < -0.4 is 0 Å². The topological polar surface area (TPSA) is 69.7 Å². The van der Waals surface area contributed by atoms with E-state index in [1.54, 1.807) is 0 Å². The van der Waals surface area contributed by atoms with Gasteiger partial charge >= 0.3 is 11.9 Å². The summed E-state index contributed by atoms with van der Waals surface area (Å²) in [6, 6.07) is 0. The van der Waals surface area contributed by atoms with E-state index in [0.717, 1.165) is 12.8 Å². The Hall–Kier alpha value is -0.690. The highest BCUT2D eigenvalue weighted by atomic mass is 32.2. The lowest BCUT2D eigenvalue weighted by Crippen LogP contribution is -2.17. The number of carbonyl (C=O) groups is 3. The number of unbranched alkanes of at least 4 members (excludes halogenated alkanes) is 1. The predicted molar refractivity (Wildman–Crippen MR) is 86.8 cm³/mol. The lowest BCUT2D eigenvalue weighted by molar-refractivity contribution is -0.148. The van der Waals surface area contributed by atoms with E-state index < -0.39 is 5.97 Å². The van der Waals surface area contributed by atoms with Gasteiger partial charge in [0.2, 0.25) is 0 Å². The number of rotatable bonds is 12. The van der Waals surface area contributed by atoms with Crippen LogP contribution in [0.25, 0.3) is 0 Å². The van der Waals surface area contributed by atoms with Crippen LogP contribution in [0.15, 0.2) is 0 Å². The highest BCUT2D eigenvalue weighted by Gasteiger charge is 2.12. The van der Waals surface area contributed by atoms with Crippen molar-refractivity contribution in [1.82, 2.24) is 0 Å². The van der Waals surface area contributed by atoms with Crippen LogP contribution in [0.1, 0.15) is 39.5 Å². The standard InChI is InChI=1S/C14H24O5S2/c1-3-4-5-12(15)8-11(2)21-10-14(17)19-7-6-18-13(16)9-20/h11,20H,3-10H2,1-2H3. The molecule has 0 aromatic carbocycles. The van der Waals surface area contributed by atoms with E-state index in [0.29, 0.717) is 12.8 Å². The molecule has 0 aliphatic heterocycles. The molecule has 0 amide bonds. The largest absolute Gasteiger partial charge is 0.461 e. The highest BCUT2D eigenvalue weighted by Crippen LogP contribution is 2.16. The Labute approximate surface area is 135 Å². The van der Waals surface area contributed by atoms with Gasteiger partial charge in [-0.1, -0.05) is 20.3 Å². The Morgan fingerprint density at radius 3 is 2.33 bits per heavy atom. The van der Waals surface area contributed by atoms with Crippen molar-refractivity contribution in [2.45, 2.75) is 44.8 Å². The molecular formula is C14H24O5S2. The molecule has 1 atom stereocenters. The Morgan fingerprint density at radius 2 is 1.76 bits per heavy atom. The monoisotopic (exact) mass is 336 g/mol. The predicted octanol–water partition coefficient (Wildman–Crippen LogP) is 2.27. The molecule has 0 rings (SSSR count). The van der Waals surface area contributed by atoms with Crippen molar-refractivity contribution < 1.29 is 23.9 Å². The second-order valence-electron chi connectivity index (χ2n) is 4.57. The van der Waals surface area contributed by atoms with E-state index >= 15 is 0 Å². The Morgan fingerprint density at radius 1 is 1.14 bits per heavy atom. The first-order chi connectivity index (χ1) is 9.99. The molecular weight excluding hydrogens is 312 g/mol. The molecule has 0 spiro atoms. The fraction of sp³-hybridized carbons (Fsp3) is 0.786. The summed E-state index contributed by atoms with van der Waals surface area (Å²) in [4.78, 5) is 33.8. The Kier molecular flexibility index (Phi) is 12.6. The fourth-order valence-corrected chi connectivity index (χ4v) is 2.36. The average molecular weight is 336 g/mol. The zero-order valence-electron chi connectivity index (χ0n) is 12.6. The number of thiol groups is 1. The van der Waals surface area contributed by atoms with Crippen molar-refractivity contribution in [1.29, 1.82) is 0 Å². The van der Waals surface area contributed by atoms with E-state index in [1.165, 1.54) is 11.8 Å². The maximum Gasteiger partial charge on any atom is 0.316 e. The summed E-state index contributed by atoms with van der Waals surface area (Å²) in [7, 11) is 0. The molecule has 0 N–H and O–H groups in total. The SMILES string of the molecule is CCCCC(=O)CC(C)SCC(=O)OCCOC(=O)CS. The summed E-state index contributed by atoms with van der Waals surface area (Å²) in [6.45, 7) is 4.06. The number of esters is 2. The maximum atomic E-state index is 11.6. The number of carbonyl (C=O) groups excluding carboxylic acids is 3. The summed E-state index contributed by atoms with van der Waals surface area (Å²) < 4.78 is 9.62. The molecule has 0 bridgehead atoms. The van der Waals surface area contributed by atoms with Crippen LogP contribution in [-0.4, -0.2) is 47.7 Å². The van der Waals surface area contributed by atoms with Crippen molar-refractivity contribution in [3.05, 3.63) is 0 Å². The van der Waals surface area contributed by atoms with Crippen LogP contribution >= 0.6 is 24.4 Å². The zero-order chi connectivity index (χ0) is 16.1. The molecule has 0 aliphatic carbocycles. The smallest absolute Gasteiger partial charge is 0.316 e. The van der Waals surface area contributed by atoms with Crippen LogP contribution in [0.4, 0.5) is 0 Å². The third kappa shape index (κ3) is 12.7. The summed E-state index contributed by atoms with van der Waals surface area (Å²) in [5.74, 6) is -0.363. The second kappa shape index (κ2) is 13.0. The van der Waals surface area contributed by atoms with Crippen molar-refractivity contribution in [3.8, 4) is 0 Å². The van der Waals surface area contributed by atoms with Gasteiger partial charge in [-0.05, 0) is 6.42 Å². The van der Waals surface area contributed by atoms with Crippen LogP contribution in [0, 0.1) is 0 Å². The maximum absolute atomic E-state index is 11.6. The van der Waals surface area contributed by atoms with Gasteiger partial charge in [0, 0.05) is 18.1 Å². The molecule has 0 saturated carbocycles. The van der Waals surface area contributed by atoms with E-state index in [1.807, 2.05) is 6.92 Å². The van der Waals surface area contributed by atoms with Crippen molar-refractivity contribution in [2.75, 3.05) is 24.7 Å². The van der Waals surface area contributed by atoms with Gasteiger partial charge in [0.15, 0.2) is 0 Å². The molecule has 7 heteroatoms. The molecule has 0 aromatic heterocycles. The average Bonchev–Trinajstić information content (AvgIpc) is 2.47. The normalized spacial score (nSPS) is 11.8. The third-order valence-electron chi connectivity index (χ3n) is 2.55.